The minimum atomic E-state index is 0.891. The number of hydrogen-bond donors (Lipinski definition) is 0. The Balaban J connectivity index is 2.22. The fraction of sp³-hybridized carbons (Fsp3) is 0.176. The molecule has 3 aromatic rings. The summed E-state index contributed by atoms with van der Waals surface area (Å²) in [6, 6.07) is 12.5. The smallest absolute Gasteiger partial charge is 0.126 e. The molecule has 1 heterocycles. The first-order chi connectivity index (χ1) is 9.72. The molecule has 0 fully saturated rings. The molecule has 0 spiro atoms. The van der Waals surface area contributed by atoms with Crippen molar-refractivity contribution in [3.05, 3.63) is 47.3 Å². The quantitative estimate of drug-likeness (QED) is 0.681. The van der Waals surface area contributed by atoms with Crippen LogP contribution < -0.4 is 9.47 Å². The van der Waals surface area contributed by atoms with Crippen molar-refractivity contribution in [2.45, 2.75) is 6.92 Å². The number of ether oxygens (including phenoxy) is 2. The third-order valence-electron chi connectivity index (χ3n) is 3.43. The van der Waals surface area contributed by atoms with E-state index in [2.05, 4.69) is 36.6 Å². The summed E-state index contributed by atoms with van der Waals surface area (Å²) in [5, 5.41) is 3.42. The van der Waals surface area contributed by atoms with Crippen LogP contribution in [0.5, 0.6) is 11.5 Å². The Hall–Kier alpha value is -2.00. The van der Waals surface area contributed by atoms with Crippen LogP contribution in [0, 0.1) is 6.92 Å². The number of methoxy groups -OCH3 is 2. The molecular weight excluding hydrogens is 268 g/mol. The Kier molecular flexibility index (Phi) is 3.36. The molecule has 0 aliphatic heterocycles. The molecule has 0 saturated heterocycles. The van der Waals surface area contributed by atoms with Gasteiger partial charge in [0.1, 0.15) is 11.5 Å². The van der Waals surface area contributed by atoms with Crippen LogP contribution in [0.3, 0.4) is 0 Å². The van der Waals surface area contributed by atoms with E-state index in [-0.39, 0.29) is 0 Å². The first kappa shape index (κ1) is 13.0. The van der Waals surface area contributed by atoms with E-state index >= 15 is 0 Å². The number of benzene rings is 2. The van der Waals surface area contributed by atoms with Crippen LogP contribution in [0.25, 0.3) is 21.2 Å². The van der Waals surface area contributed by atoms with Crippen molar-refractivity contribution in [1.82, 2.24) is 0 Å². The molecule has 0 atom stereocenters. The van der Waals surface area contributed by atoms with Crippen molar-refractivity contribution in [2.75, 3.05) is 14.2 Å². The largest absolute Gasteiger partial charge is 0.497 e. The molecule has 2 aromatic carbocycles. The van der Waals surface area contributed by atoms with Gasteiger partial charge in [0.05, 0.1) is 14.2 Å². The SMILES string of the molecule is COc1ccc2c(-c3cc(C)ccc3OC)csc2c1. The summed E-state index contributed by atoms with van der Waals surface area (Å²) in [6.07, 6.45) is 0. The highest BCUT2D eigenvalue weighted by Crippen LogP contribution is 2.40. The summed E-state index contributed by atoms with van der Waals surface area (Å²) < 4.78 is 12.0. The number of fused-ring (bicyclic) bond motifs is 1. The average molecular weight is 284 g/mol. The molecule has 0 unspecified atom stereocenters. The van der Waals surface area contributed by atoms with E-state index in [1.807, 2.05) is 12.1 Å². The van der Waals surface area contributed by atoms with Crippen LogP contribution in [0.2, 0.25) is 0 Å². The zero-order chi connectivity index (χ0) is 14.1. The molecule has 3 rings (SSSR count). The summed E-state index contributed by atoms with van der Waals surface area (Å²) >= 11 is 1.73. The number of hydrogen-bond acceptors (Lipinski definition) is 3. The van der Waals surface area contributed by atoms with E-state index in [0.717, 1.165) is 17.1 Å². The molecule has 0 aliphatic carbocycles. The Labute approximate surface area is 122 Å². The van der Waals surface area contributed by atoms with Crippen molar-refractivity contribution in [2.24, 2.45) is 0 Å². The van der Waals surface area contributed by atoms with Crippen molar-refractivity contribution >= 4 is 21.4 Å². The van der Waals surface area contributed by atoms with Crippen molar-refractivity contribution in [3.8, 4) is 22.6 Å². The van der Waals surface area contributed by atoms with E-state index in [4.69, 9.17) is 9.47 Å². The molecule has 102 valence electrons. The average Bonchev–Trinajstić information content (AvgIpc) is 2.89. The molecule has 0 amide bonds. The van der Waals surface area contributed by atoms with Crippen molar-refractivity contribution < 1.29 is 9.47 Å². The Morgan fingerprint density at radius 2 is 1.75 bits per heavy atom. The molecule has 0 saturated carbocycles. The second-order valence-electron chi connectivity index (χ2n) is 4.72. The molecule has 0 radical (unpaired) electrons. The van der Waals surface area contributed by atoms with Gasteiger partial charge in [-0.25, -0.2) is 0 Å². The summed E-state index contributed by atoms with van der Waals surface area (Å²) in [5.41, 5.74) is 3.59. The van der Waals surface area contributed by atoms with E-state index in [1.165, 1.54) is 21.2 Å². The highest BCUT2D eigenvalue weighted by atomic mass is 32.1. The van der Waals surface area contributed by atoms with Gasteiger partial charge in [0.2, 0.25) is 0 Å². The van der Waals surface area contributed by atoms with E-state index in [1.54, 1.807) is 25.6 Å². The Bertz CT molecular complexity index is 759. The van der Waals surface area contributed by atoms with Gasteiger partial charge in [-0.15, -0.1) is 11.3 Å². The Morgan fingerprint density at radius 1 is 0.900 bits per heavy atom. The van der Waals surface area contributed by atoms with Gasteiger partial charge in [-0.2, -0.15) is 0 Å². The van der Waals surface area contributed by atoms with E-state index in [9.17, 15) is 0 Å². The predicted molar refractivity (Wildman–Crippen MR) is 85.1 cm³/mol. The first-order valence-corrected chi connectivity index (χ1v) is 7.31. The summed E-state index contributed by atoms with van der Waals surface area (Å²) in [7, 11) is 3.41. The lowest BCUT2D eigenvalue weighted by Gasteiger charge is -2.09. The van der Waals surface area contributed by atoms with Gasteiger partial charge in [-0.1, -0.05) is 11.6 Å². The van der Waals surface area contributed by atoms with Gasteiger partial charge in [0, 0.05) is 21.2 Å². The maximum atomic E-state index is 5.50. The third kappa shape index (κ3) is 2.14. The molecule has 0 N–H and O–H groups in total. The lowest BCUT2D eigenvalue weighted by atomic mass is 10.0. The lowest BCUT2D eigenvalue weighted by molar-refractivity contribution is 0.415. The topological polar surface area (TPSA) is 18.5 Å². The molecule has 0 aliphatic rings. The fourth-order valence-electron chi connectivity index (χ4n) is 2.38. The second-order valence-corrected chi connectivity index (χ2v) is 5.63. The molecular formula is C17H16O2S. The number of thiophene rings is 1. The van der Waals surface area contributed by atoms with Crippen molar-refractivity contribution in [1.29, 1.82) is 0 Å². The van der Waals surface area contributed by atoms with Gasteiger partial charge in [-0.3, -0.25) is 0 Å². The third-order valence-corrected chi connectivity index (χ3v) is 4.37. The standard InChI is InChI=1S/C17H16O2S/c1-11-4-7-16(19-3)14(8-11)15-10-20-17-9-12(18-2)5-6-13(15)17/h4-10H,1-3H3. The van der Waals surface area contributed by atoms with Crippen LogP contribution in [0.1, 0.15) is 5.56 Å². The fourth-order valence-corrected chi connectivity index (χ4v) is 3.36. The normalized spacial score (nSPS) is 10.8. The summed E-state index contributed by atoms with van der Waals surface area (Å²) in [4.78, 5) is 0. The Morgan fingerprint density at radius 3 is 2.50 bits per heavy atom. The molecule has 20 heavy (non-hydrogen) atoms. The maximum Gasteiger partial charge on any atom is 0.126 e. The minimum absolute atomic E-state index is 0.891. The first-order valence-electron chi connectivity index (χ1n) is 6.43. The molecule has 1 aromatic heterocycles. The van der Waals surface area contributed by atoms with Gasteiger partial charge in [0.25, 0.3) is 0 Å². The molecule has 3 heteroatoms. The van der Waals surface area contributed by atoms with Crippen LogP contribution in [-0.2, 0) is 0 Å². The van der Waals surface area contributed by atoms with Crippen molar-refractivity contribution in [3.63, 3.8) is 0 Å². The minimum Gasteiger partial charge on any atom is -0.497 e. The van der Waals surface area contributed by atoms with Gasteiger partial charge < -0.3 is 9.47 Å². The predicted octanol–water partition coefficient (Wildman–Crippen LogP) is 4.89. The molecule has 0 bridgehead atoms. The van der Waals surface area contributed by atoms with Gasteiger partial charge in [0.15, 0.2) is 0 Å². The molecule has 2 nitrogen and oxygen atoms in total. The number of aryl methyl sites for hydroxylation is 1. The van der Waals surface area contributed by atoms with Crippen LogP contribution >= 0.6 is 11.3 Å². The summed E-state index contributed by atoms with van der Waals surface area (Å²) in [5.74, 6) is 1.80. The van der Waals surface area contributed by atoms with Crippen LogP contribution in [0.4, 0.5) is 0 Å². The highest BCUT2D eigenvalue weighted by Gasteiger charge is 2.12. The van der Waals surface area contributed by atoms with Gasteiger partial charge >= 0.3 is 0 Å². The maximum absolute atomic E-state index is 5.50. The highest BCUT2D eigenvalue weighted by molar-refractivity contribution is 7.17. The van der Waals surface area contributed by atoms with Crippen LogP contribution in [0.15, 0.2) is 41.8 Å². The van der Waals surface area contributed by atoms with Gasteiger partial charge in [-0.05, 0) is 42.6 Å². The lowest BCUT2D eigenvalue weighted by Crippen LogP contribution is -1.88. The van der Waals surface area contributed by atoms with E-state index in [0.29, 0.717) is 0 Å². The second kappa shape index (κ2) is 5.17. The monoisotopic (exact) mass is 284 g/mol. The number of rotatable bonds is 3. The zero-order valence-electron chi connectivity index (χ0n) is 11.8. The van der Waals surface area contributed by atoms with E-state index < -0.39 is 0 Å². The summed E-state index contributed by atoms with van der Waals surface area (Å²) in [6.45, 7) is 2.10. The van der Waals surface area contributed by atoms with Crippen LogP contribution in [-0.4, -0.2) is 14.2 Å². The zero-order valence-corrected chi connectivity index (χ0v) is 12.6.